The molecule has 0 atom stereocenters. The largest absolute Gasteiger partial charge is 0.339 e. The molecule has 1 aromatic rings. The molecule has 1 aromatic carbocycles. The van der Waals surface area contributed by atoms with Gasteiger partial charge in [-0.2, -0.15) is 0 Å². The third kappa shape index (κ3) is 4.06. The molecule has 2 aliphatic heterocycles. The molecule has 0 N–H and O–H groups in total. The normalized spacial score (nSPS) is 19.5. The van der Waals surface area contributed by atoms with Gasteiger partial charge in [0, 0.05) is 50.8 Å². The maximum absolute atomic E-state index is 14.5. The zero-order chi connectivity index (χ0) is 21.3. The van der Waals surface area contributed by atoms with E-state index >= 15 is 0 Å². The highest BCUT2D eigenvalue weighted by atomic mass is 19.1. The highest BCUT2D eigenvalue weighted by Crippen LogP contribution is 2.30. The Morgan fingerprint density at radius 2 is 1.70 bits per heavy atom. The van der Waals surface area contributed by atoms with Crippen LogP contribution < -0.4 is 0 Å². The number of hydrogen-bond donors (Lipinski definition) is 0. The number of piperazine rings is 1. The summed E-state index contributed by atoms with van der Waals surface area (Å²) in [5.41, 5.74) is 3.72. The van der Waals surface area contributed by atoms with Gasteiger partial charge in [0.2, 0.25) is 5.91 Å². The Balaban J connectivity index is 1.51. The average Bonchev–Trinajstić information content (AvgIpc) is 2.76. The van der Waals surface area contributed by atoms with Gasteiger partial charge in [0.25, 0.3) is 5.91 Å². The second-order valence-corrected chi connectivity index (χ2v) is 8.14. The van der Waals surface area contributed by atoms with Crippen molar-refractivity contribution < 1.29 is 18.8 Å². The van der Waals surface area contributed by atoms with Crippen molar-refractivity contribution in [3.8, 4) is 0 Å². The molecule has 0 spiro atoms. The molecule has 1 aliphatic carbocycles. The second-order valence-electron chi connectivity index (χ2n) is 8.14. The Kier molecular flexibility index (Phi) is 5.79. The van der Waals surface area contributed by atoms with Gasteiger partial charge in [0.1, 0.15) is 12.4 Å². The van der Waals surface area contributed by atoms with Crippen LogP contribution in [0.4, 0.5) is 4.39 Å². The van der Waals surface area contributed by atoms with Gasteiger partial charge in [-0.15, -0.1) is 0 Å². The van der Waals surface area contributed by atoms with E-state index in [9.17, 15) is 18.8 Å². The molecule has 0 saturated carbocycles. The van der Waals surface area contributed by atoms with E-state index in [2.05, 4.69) is 4.99 Å². The lowest BCUT2D eigenvalue weighted by Crippen LogP contribution is -2.50. The number of carbonyl (C=O) groups is 3. The van der Waals surface area contributed by atoms with E-state index in [-0.39, 0.29) is 29.7 Å². The standard InChI is InChI=1S/C23H26FN3O3/c1-15(28)26-8-10-27(11-9-26)23(30)19-12-16(6-7-20(19)24)13-21-17-4-2-3-5-18(17)22(29)14-25-21/h6-7,12H,2-5,8-11,13-14H2,1H3. The van der Waals surface area contributed by atoms with Gasteiger partial charge < -0.3 is 9.80 Å². The van der Waals surface area contributed by atoms with E-state index in [0.29, 0.717) is 32.6 Å². The highest BCUT2D eigenvalue weighted by molar-refractivity contribution is 6.14. The molecule has 0 bridgehead atoms. The highest BCUT2D eigenvalue weighted by Gasteiger charge is 2.28. The Morgan fingerprint density at radius 1 is 1.03 bits per heavy atom. The first kappa shape index (κ1) is 20.4. The summed E-state index contributed by atoms with van der Waals surface area (Å²) in [7, 11) is 0. The van der Waals surface area contributed by atoms with Gasteiger partial charge in [-0.05, 0) is 49.0 Å². The summed E-state index contributed by atoms with van der Waals surface area (Å²) in [5, 5.41) is 0. The van der Waals surface area contributed by atoms with Crippen LogP contribution in [0, 0.1) is 5.82 Å². The number of nitrogens with zero attached hydrogens (tertiary/aromatic N) is 3. The summed E-state index contributed by atoms with van der Waals surface area (Å²) in [5.74, 6) is -0.793. The predicted octanol–water partition coefficient (Wildman–Crippen LogP) is 2.57. The maximum atomic E-state index is 14.5. The van der Waals surface area contributed by atoms with Gasteiger partial charge in [-0.3, -0.25) is 19.4 Å². The predicted molar refractivity (Wildman–Crippen MR) is 111 cm³/mol. The number of halogens is 1. The number of benzene rings is 1. The van der Waals surface area contributed by atoms with E-state index in [1.807, 2.05) is 0 Å². The maximum Gasteiger partial charge on any atom is 0.256 e. The first-order chi connectivity index (χ1) is 14.4. The summed E-state index contributed by atoms with van der Waals surface area (Å²) in [6.45, 7) is 3.41. The van der Waals surface area contributed by atoms with Crippen LogP contribution >= 0.6 is 0 Å². The van der Waals surface area contributed by atoms with Crippen molar-refractivity contribution in [2.45, 2.75) is 39.0 Å². The number of hydrogen-bond acceptors (Lipinski definition) is 4. The van der Waals surface area contributed by atoms with Gasteiger partial charge in [0.15, 0.2) is 5.78 Å². The molecule has 0 aromatic heterocycles. The zero-order valence-corrected chi connectivity index (χ0v) is 17.2. The molecule has 2 amide bonds. The van der Waals surface area contributed by atoms with Gasteiger partial charge in [-0.25, -0.2) is 4.39 Å². The van der Waals surface area contributed by atoms with Crippen LogP contribution in [-0.4, -0.2) is 65.8 Å². The van der Waals surface area contributed by atoms with Gasteiger partial charge in [0.05, 0.1) is 5.56 Å². The van der Waals surface area contributed by atoms with Crippen molar-refractivity contribution in [1.82, 2.24) is 9.80 Å². The molecular weight excluding hydrogens is 385 g/mol. The van der Waals surface area contributed by atoms with E-state index in [1.165, 1.54) is 13.0 Å². The number of aliphatic imine (C=N–C) groups is 1. The van der Waals surface area contributed by atoms with Crippen LogP contribution in [0.1, 0.15) is 48.5 Å². The smallest absolute Gasteiger partial charge is 0.256 e. The topological polar surface area (TPSA) is 70.1 Å². The number of dihydropyridines is 1. The Labute approximate surface area is 175 Å². The molecule has 0 radical (unpaired) electrons. The molecule has 7 heteroatoms. The van der Waals surface area contributed by atoms with Crippen molar-refractivity contribution in [2.24, 2.45) is 4.99 Å². The molecule has 4 rings (SSSR count). The van der Waals surface area contributed by atoms with Crippen LogP contribution in [0.15, 0.2) is 34.3 Å². The van der Waals surface area contributed by atoms with E-state index < -0.39 is 5.82 Å². The molecule has 1 fully saturated rings. The molecule has 6 nitrogen and oxygen atoms in total. The first-order valence-electron chi connectivity index (χ1n) is 10.6. The third-order valence-corrected chi connectivity index (χ3v) is 6.21. The SMILES string of the molecule is CC(=O)N1CCN(C(=O)c2cc(CC3=NCC(=O)C4=C3CCCC4)ccc2F)CC1. The van der Waals surface area contributed by atoms with Crippen LogP contribution in [0.2, 0.25) is 0 Å². The molecule has 158 valence electrons. The van der Waals surface area contributed by atoms with E-state index in [0.717, 1.165) is 48.1 Å². The number of Topliss-reactive ketones (excluding diaryl/α,β-unsaturated/α-hetero) is 1. The minimum absolute atomic E-state index is 0.0154. The molecule has 1 saturated heterocycles. The lowest BCUT2D eigenvalue weighted by molar-refractivity contribution is -0.130. The fraction of sp³-hybridized carbons (Fsp3) is 0.478. The molecule has 3 aliphatic rings. The fourth-order valence-electron chi connectivity index (χ4n) is 4.49. The Morgan fingerprint density at radius 3 is 2.40 bits per heavy atom. The summed E-state index contributed by atoms with van der Waals surface area (Å²) in [6.07, 6.45) is 4.24. The monoisotopic (exact) mass is 411 g/mol. The summed E-state index contributed by atoms with van der Waals surface area (Å²) in [4.78, 5) is 44.3. The van der Waals surface area contributed by atoms with Crippen molar-refractivity contribution in [1.29, 1.82) is 0 Å². The van der Waals surface area contributed by atoms with Crippen molar-refractivity contribution in [3.63, 3.8) is 0 Å². The molecule has 0 unspecified atom stereocenters. The third-order valence-electron chi connectivity index (χ3n) is 6.21. The Bertz CT molecular complexity index is 958. The molecule has 30 heavy (non-hydrogen) atoms. The summed E-state index contributed by atoms with van der Waals surface area (Å²) >= 11 is 0. The van der Waals surface area contributed by atoms with Crippen LogP contribution in [0.25, 0.3) is 0 Å². The van der Waals surface area contributed by atoms with Gasteiger partial charge in [-0.1, -0.05) is 6.07 Å². The van der Waals surface area contributed by atoms with Crippen molar-refractivity contribution in [2.75, 3.05) is 32.7 Å². The number of carbonyl (C=O) groups excluding carboxylic acids is 3. The van der Waals surface area contributed by atoms with Crippen LogP contribution in [-0.2, 0) is 16.0 Å². The first-order valence-corrected chi connectivity index (χ1v) is 10.6. The summed E-state index contributed by atoms with van der Waals surface area (Å²) < 4.78 is 14.5. The number of allylic oxidation sites excluding steroid dienone is 1. The number of rotatable bonds is 3. The molecule has 2 heterocycles. The van der Waals surface area contributed by atoms with E-state index in [4.69, 9.17) is 0 Å². The van der Waals surface area contributed by atoms with Crippen LogP contribution in [0.5, 0.6) is 0 Å². The average molecular weight is 411 g/mol. The Hall–Kier alpha value is -2.83. The number of amides is 2. The lowest BCUT2D eigenvalue weighted by Gasteiger charge is -2.34. The van der Waals surface area contributed by atoms with Crippen LogP contribution in [0.3, 0.4) is 0 Å². The minimum atomic E-state index is -0.545. The van der Waals surface area contributed by atoms with Crippen molar-refractivity contribution >= 4 is 23.3 Å². The minimum Gasteiger partial charge on any atom is -0.339 e. The van der Waals surface area contributed by atoms with Crippen molar-refractivity contribution in [3.05, 3.63) is 46.3 Å². The lowest BCUT2D eigenvalue weighted by atomic mass is 9.83. The summed E-state index contributed by atoms with van der Waals surface area (Å²) in [6, 6.07) is 4.62. The fourth-order valence-corrected chi connectivity index (χ4v) is 4.49. The molecular formula is C23H26FN3O3. The zero-order valence-electron chi connectivity index (χ0n) is 17.2. The quantitative estimate of drug-likeness (QED) is 0.768. The van der Waals surface area contributed by atoms with Gasteiger partial charge >= 0.3 is 0 Å². The van der Waals surface area contributed by atoms with E-state index in [1.54, 1.807) is 21.9 Å². The second kappa shape index (κ2) is 8.50. The number of ketones is 1.